The molecular weight excluding hydrogens is 182 g/mol. The van der Waals surface area contributed by atoms with Gasteiger partial charge in [-0.2, -0.15) is 0 Å². The average molecular weight is 198 g/mol. The summed E-state index contributed by atoms with van der Waals surface area (Å²) in [5.41, 5.74) is 1.07. The molecule has 0 radical (unpaired) electrons. The first-order valence-corrected chi connectivity index (χ1v) is 4.38. The van der Waals surface area contributed by atoms with E-state index in [1.54, 1.807) is 19.9 Å². The van der Waals surface area contributed by atoms with E-state index in [1.165, 1.54) is 12.2 Å². The van der Waals surface area contributed by atoms with Crippen LogP contribution in [-0.4, -0.2) is 5.92 Å². The topological polar surface area (TPSA) is 0 Å². The Kier molecular flexibility index (Phi) is 4.48. The minimum atomic E-state index is -2.87. The van der Waals surface area contributed by atoms with Gasteiger partial charge in [0, 0.05) is 12.5 Å². The van der Waals surface area contributed by atoms with Crippen molar-refractivity contribution < 1.29 is 8.78 Å². The van der Waals surface area contributed by atoms with E-state index in [2.05, 4.69) is 13.2 Å². The van der Waals surface area contributed by atoms with Gasteiger partial charge < -0.3 is 0 Å². The van der Waals surface area contributed by atoms with Crippen LogP contribution >= 0.6 is 0 Å². The molecule has 0 saturated carbocycles. The molecule has 78 valence electrons. The molecule has 14 heavy (non-hydrogen) atoms. The summed E-state index contributed by atoms with van der Waals surface area (Å²) in [6, 6.07) is 0. The van der Waals surface area contributed by atoms with Crippen LogP contribution in [0.1, 0.15) is 20.8 Å². The van der Waals surface area contributed by atoms with Gasteiger partial charge in [-0.25, -0.2) is 8.78 Å². The fourth-order valence-corrected chi connectivity index (χ4v) is 1.22. The second-order valence-corrected chi connectivity index (χ2v) is 3.19. The van der Waals surface area contributed by atoms with Crippen molar-refractivity contribution in [1.29, 1.82) is 0 Å². The lowest BCUT2D eigenvalue weighted by Gasteiger charge is -2.18. The molecule has 2 heteroatoms. The first kappa shape index (κ1) is 12.8. The lowest BCUT2D eigenvalue weighted by atomic mass is 9.95. The molecule has 0 fully saturated rings. The van der Waals surface area contributed by atoms with Crippen molar-refractivity contribution in [2.75, 3.05) is 0 Å². The number of rotatable bonds is 4. The highest BCUT2D eigenvalue weighted by Gasteiger charge is 2.29. The zero-order valence-corrected chi connectivity index (χ0v) is 8.90. The van der Waals surface area contributed by atoms with Gasteiger partial charge in [0.2, 0.25) is 0 Å². The van der Waals surface area contributed by atoms with Crippen LogP contribution in [0.25, 0.3) is 0 Å². The normalized spacial score (nSPS) is 14.1. The third kappa shape index (κ3) is 3.29. The largest absolute Gasteiger partial charge is 0.271 e. The summed E-state index contributed by atoms with van der Waals surface area (Å²) >= 11 is 0. The highest BCUT2D eigenvalue weighted by Crippen LogP contribution is 2.32. The molecule has 0 aromatic carbocycles. The van der Waals surface area contributed by atoms with Gasteiger partial charge in [-0.15, -0.1) is 0 Å². The van der Waals surface area contributed by atoms with E-state index < -0.39 is 5.92 Å². The van der Waals surface area contributed by atoms with Crippen LogP contribution in [0, 0.1) is 0 Å². The minimum absolute atomic E-state index is 0.0394. The quantitative estimate of drug-likeness (QED) is 0.591. The molecule has 0 N–H and O–H groups in total. The van der Waals surface area contributed by atoms with E-state index in [-0.39, 0.29) is 5.57 Å². The van der Waals surface area contributed by atoms with Crippen molar-refractivity contribution in [1.82, 2.24) is 0 Å². The van der Waals surface area contributed by atoms with Crippen LogP contribution in [-0.2, 0) is 0 Å². The van der Waals surface area contributed by atoms with Crippen molar-refractivity contribution in [2.24, 2.45) is 0 Å². The highest BCUT2D eigenvalue weighted by molar-refractivity contribution is 5.48. The lowest BCUT2D eigenvalue weighted by Crippen LogP contribution is -2.16. The molecule has 0 aromatic rings. The number of alkyl halides is 2. The van der Waals surface area contributed by atoms with Crippen molar-refractivity contribution in [3.8, 4) is 0 Å². The molecule has 0 unspecified atom stereocenters. The van der Waals surface area contributed by atoms with Crippen LogP contribution in [0.5, 0.6) is 0 Å². The molecular formula is C12H16F2. The SMILES string of the molecule is C=C/C=C(\C(=C/C)C(=C)C)C(C)(F)F. The number of allylic oxidation sites excluding steroid dienone is 6. The Morgan fingerprint density at radius 1 is 1.36 bits per heavy atom. The van der Waals surface area contributed by atoms with Crippen molar-refractivity contribution in [3.05, 3.63) is 48.1 Å². The number of hydrogen-bond donors (Lipinski definition) is 0. The Labute approximate surface area is 84.3 Å². The summed E-state index contributed by atoms with van der Waals surface area (Å²) < 4.78 is 26.3. The zero-order chi connectivity index (χ0) is 11.4. The third-order valence-electron chi connectivity index (χ3n) is 1.80. The van der Waals surface area contributed by atoms with Crippen molar-refractivity contribution in [3.63, 3.8) is 0 Å². The Morgan fingerprint density at radius 3 is 2.07 bits per heavy atom. The summed E-state index contributed by atoms with van der Waals surface area (Å²) in [6.07, 6.45) is 4.32. The van der Waals surface area contributed by atoms with Gasteiger partial charge in [-0.1, -0.05) is 37.0 Å². The molecule has 0 rings (SSSR count). The monoisotopic (exact) mass is 198 g/mol. The fraction of sp³-hybridized carbons (Fsp3) is 0.333. The van der Waals surface area contributed by atoms with Gasteiger partial charge in [0.1, 0.15) is 0 Å². The van der Waals surface area contributed by atoms with Crippen LogP contribution in [0.2, 0.25) is 0 Å². The number of halogens is 2. The summed E-state index contributed by atoms with van der Waals surface area (Å²) in [6.45, 7) is 11.4. The fourth-order valence-electron chi connectivity index (χ4n) is 1.22. The maximum atomic E-state index is 13.2. The molecule has 0 bridgehead atoms. The first-order valence-electron chi connectivity index (χ1n) is 4.38. The van der Waals surface area contributed by atoms with E-state index in [0.717, 1.165) is 6.92 Å². The molecule has 0 atom stereocenters. The molecule has 0 aliphatic rings. The van der Waals surface area contributed by atoms with Gasteiger partial charge in [0.15, 0.2) is 0 Å². The van der Waals surface area contributed by atoms with Crippen LogP contribution in [0.3, 0.4) is 0 Å². The molecule has 0 saturated heterocycles. The Bertz CT molecular complexity index is 288. The predicted octanol–water partition coefficient (Wildman–Crippen LogP) is 4.28. The van der Waals surface area contributed by atoms with E-state index in [0.29, 0.717) is 11.1 Å². The third-order valence-corrected chi connectivity index (χ3v) is 1.80. The summed E-state index contributed by atoms with van der Waals surface area (Å²) in [5, 5.41) is 0. The van der Waals surface area contributed by atoms with E-state index in [9.17, 15) is 8.78 Å². The van der Waals surface area contributed by atoms with Gasteiger partial charge in [-0.05, 0) is 19.4 Å². The first-order chi connectivity index (χ1) is 6.34. The molecule has 0 aliphatic carbocycles. The smallest absolute Gasteiger partial charge is 0.202 e. The second-order valence-electron chi connectivity index (χ2n) is 3.19. The Balaban J connectivity index is 5.34. The molecule has 0 nitrogen and oxygen atoms in total. The molecule has 0 heterocycles. The molecule has 0 spiro atoms. The lowest BCUT2D eigenvalue weighted by molar-refractivity contribution is 0.0662. The number of hydrogen-bond acceptors (Lipinski definition) is 0. The van der Waals surface area contributed by atoms with E-state index in [1.807, 2.05) is 0 Å². The van der Waals surface area contributed by atoms with Crippen molar-refractivity contribution in [2.45, 2.75) is 26.7 Å². The highest BCUT2D eigenvalue weighted by atomic mass is 19.3. The predicted molar refractivity (Wildman–Crippen MR) is 57.5 cm³/mol. The van der Waals surface area contributed by atoms with Crippen molar-refractivity contribution >= 4 is 0 Å². The van der Waals surface area contributed by atoms with Gasteiger partial charge in [-0.3, -0.25) is 0 Å². The van der Waals surface area contributed by atoms with E-state index in [4.69, 9.17) is 0 Å². The minimum Gasteiger partial charge on any atom is -0.202 e. The van der Waals surface area contributed by atoms with Gasteiger partial charge in [0.05, 0.1) is 0 Å². The Hall–Kier alpha value is -1.18. The van der Waals surface area contributed by atoms with Gasteiger partial charge >= 0.3 is 0 Å². The summed E-state index contributed by atoms with van der Waals surface area (Å²) in [5.74, 6) is -2.87. The maximum Gasteiger partial charge on any atom is 0.271 e. The average Bonchev–Trinajstić information content (AvgIpc) is 2.02. The second kappa shape index (κ2) is 4.89. The van der Waals surface area contributed by atoms with Crippen LogP contribution < -0.4 is 0 Å². The van der Waals surface area contributed by atoms with E-state index >= 15 is 0 Å². The Morgan fingerprint density at radius 2 is 1.86 bits per heavy atom. The molecule has 0 aliphatic heterocycles. The zero-order valence-electron chi connectivity index (χ0n) is 8.90. The molecule has 0 aromatic heterocycles. The maximum absolute atomic E-state index is 13.2. The van der Waals surface area contributed by atoms with Crippen LogP contribution in [0.4, 0.5) is 8.78 Å². The standard InChI is InChI=1S/C12H16F2/c1-6-8-11(12(5,13)14)10(7-2)9(3)4/h6-8H,1,3H2,2,4-5H3/b10-7-,11-8+. The molecule has 0 amide bonds. The summed E-state index contributed by atoms with van der Waals surface area (Å²) in [7, 11) is 0. The van der Waals surface area contributed by atoms with Crippen LogP contribution in [0.15, 0.2) is 48.1 Å². The van der Waals surface area contributed by atoms with Gasteiger partial charge in [0.25, 0.3) is 5.92 Å². The summed E-state index contributed by atoms with van der Waals surface area (Å²) in [4.78, 5) is 0.